The Morgan fingerprint density at radius 1 is 1.00 bits per heavy atom. The van der Waals surface area contributed by atoms with Crippen LogP contribution in [0, 0.1) is 23.7 Å². The Balaban J connectivity index is 1.38. The highest BCUT2D eigenvalue weighted by atomic mass is 32.1. The molecular formula is C18H25NS. The van der Waals surface area contributed by atoms with Gasteiger partial charge >= 0.3 is 0 Å². The zero-order valence-electron chi connectivity index (χ0n) is 12.2. The Labute approximate surface area is 126 Å². The first kappa shape index (κ1) is 12.2. The molecule has 1 aromatic heterocycles. The molecule has 4 bridgehead atoms. The van der Waals surface area contributed by atoms with Crippen LogP contribution in [-0.2, 0) is 6.42 Å². The molecule has 1 N–H and O–H groups in total. The van der Waals surface area contributed by atoms with Crippen molar-refractivity contribution < 1.29 is 0 Å². The molecular weight excluding hydrogens is 262 g/mol. The van der Waals surface area contributed by atoms with Crippen LogP contribution in [0.3, 0.4) is 0 Å². The summed E-state index contributed by atoms with van der Waals surface area (Å²) in [5.41, 5.74) is 1.65. The molecule has 20 heavy (non-hydrogen) atoms. The third-order valence-electron chi connectivity index (χ3n) is 6.67. The van der Waals surface area contributed by atoms with Gasteiger partial charge in [-0.1, -0.05) is 0 Å². The number of fused-ring (bicyclic) bond motifs is 1. The van der Waals surface area contributed by atoms with E-state index >= 15 is 0 Å². The van der Waals surface area contributed by atoms with Crippen LogP contribution in [-0.4, -0.2) is 6.04 Å². The smallest absolute Gasteiger partial charge is 0.0334 e. The van der Waals surface area contributed by atoms with E-state index in [0.717, 1.165) is 29.7 Å². The number of hydrogen-bond acceptors (Lipinski definition) is 2. The van der Waals surface area contributed by atoms with E-state index < -0.39 is 0 Å². The molecule has 1 heterocycles. The van der Waals surface area contributed by atoms with E-state index in [2.05, 4.69) is 16.8 Å². The summed E-state index contributed by atoms with van der Waals surface area (Å²) >= 11 is 1.98. The van der Waals surface area contributed by atoms with Gasteiger partial charge in [0.25, 0.3) is 0 Å². The summed E-state index contributed by atoms with van der Waals surface area (Å²) in [7, 11) is 0. The largest absolute Gasteiger partial charge is 0.307 e. The summed E-state index contributed by atoms with van der Waals surface area (Å²) < 4.78 is 0. The monoisotopic (exact) mass is 287 g/mol. The topological polar surface area (TPSA) is 12.0 Å². The minimum absolute atomic E-state index is 0.674. The molecule has 4 saturated carbocycles. The van der Waals surface area contributed by atoms with Gasteiger partial charge in [-0.15, -0.1) is 11.3 Å². The second-order valence-electron chi connectivity index (χ2n) is 7.87. The lowest BCUT2D eigenvalue weighted by Gasteiger charge is -2.55. The van der Waals surface area contributed by atoms with Crippen molar-refractivity contribution in [1.29, 1.82) is 0 Å². The first-order valence-electron chi connectivity index (χ1n) is 8.69. The van der Waals surface area contributed by atoms with Gasteiger partial charge in [0.15, 0.2) is 0 Å². The number of aryl methyl sites for hydroxylation is 1. The molecule has 4 fully saturated rings. The van der Waals surface area contributed by atoms with Gasteiger partial charge in [0.2, 0.25) is 0 Å². The fraction of sp³-hybridized carbons (Fsp3) is 0.778. The van der Waals surface area contributed by atoms with Gasteiger partial charge in [0, 0.05) is 17.0 Å². The lowest BCUT2D eigenvalue weighted by Crippen LogP contribution is -2.55. The van der Waals surface area contributed by atoms with E-state index in [0.29, 0.717) is 6.04 Å². The molecule has 108 valence electrons. The van der Waals surface area contributed by atoms with E-state index in [4.69, 9.17) is 0 Å². The van der Waals surface area contributed by atoms with Gasteiger partial charge in [-0.2, -0.15) is 0 Å². The van der Waals surface area contributed by atoms with Crippen LogP contribution in [0.5, 0.6) is 0 Å². The normalized spacial score (nSPS) is 45.6. The quantitative estimate of drug-likeness (QED) is 0.842. The van der Waals surface area contributed by atoms with E-state index in [-0.39, 0.29) is 0 Å². The maximum Gasteiger partial charge on any atom is 0.0334 e. The van der Waals surface area contributed by atoms with Crippen molar-refractivity contribution in [2.75, 3.05) is 0 Å². The molecule has 1 unspecified atom stereocenters. The molecule has 0 aromatic carbocycles. The number of nitrogens with one attached hydrogen (secondary N) is 1. The van der Waals surface area contributed by atoms with Crippen LogP contribution in [0.4, 0.5) is 0 Å². The van der Waals surface area contributed by atoms with Crippen LogP contribution in [0.15, 0.2) is 11.4 Å². The number of hydrogen-bond donors (Lipinski definition) is 1. The summed E-state index contributed by atoms with van der Waals surface area (Å²) in [4.78, 5) is 1.66. The summed E-state index contributed by atoms with van der Waals surface area (Å²) in [6.45, 7) is 0. The number of rotatable bonds is 2. The van der Waals surface area contributed by atoms with E-state index in [1.54, 1.807) is 16.9 Å². The second-order valence-corrected chi connectivity index (χ2v) is 8.87. The Hall–Kier alpha value is -0.340. The van der Waals surface area contributed by atoms with Crippen LogP contribution >= 0.6 is 11.3 Å². The van der Waals surface area contributed by atoms with Crippen molar-refractivity contribution in [2.45, 2.75) is 63.5 Å². The van der Waals surface area contributed by atoms with E-state index in [9.17, 15) is 0 Å². The Bertz CT molecular complexity index is 477. The maximum absolute atomic E-state index is 4.15. The predicted octanol–water partition coefficient (Wildman–Crippen LogP) is 4.54. The SMILES string of the molecule is c1cc2c(s1)CCCC2NC1C2CC3CC(C2)CC1C3. The Morgan fingerprint density at radius 2 is 1.75 bits per heavy atom. The van der Waals surface area contributed by atoms with Crippen LogP contribution < -0.4 is 5.32 Å². The summed E-state index contributed by atoms with van der Waals surface area (Å²) in [6, 6.07) is 3.92. The number of thiophene rings is 1. The highest BCUT2D eigenvalue weighted by Crippen LogP contribution is 2.54. The van der Waals surface area contributed by atoms with Crippen molar-refractivity contribution in [1.82, 2.24) is 5.32 Å². The molecule has 0 radical (unpaired) electrons. The first-order chi connectivity index (χ1) is 9.87. The summed E-state index contributed by atoms with van der Waals surface area (Å²) in [5.74, 6) is 4.21. The maximum atomic E-state index is 4.15. The molecule has 2 heteroatoms. The van der Waals surface area contributed by atoms with Crippen LogP contribution in [0.2, 0.25) is 0 Å². The van der Waals surface area contributed by atoms with Gasteiger partial charge in [-0.3, -0.25) is 0 Å². The molecule has 1 nitrogen and oxygen atoms in total. The van der Waals surface area contributed by atoms with E-state index in [1.807, 2.05) is 11.3 Å². The van der Waals surface area contributed by atoms with Gasteiger partial charge in [-0.25, -0.2) is 0 Å². The standard InChI is InChI=1S/C18H25NS/c1-2-16(15-4-5-20-17(15)3-1)19-18-13-7-11-6-12(9-13)10-14(18)8-11/h4-5,11-14,16,18-19H,1-3,6-10H2. The molecule has 0 amide bonds. The molecule has 1 aromatic rings. The molecule has 0 spiro atoms. The third kappa shape index (κ3) is 1.84. The average Bonchev–Trinajstić information content (AvgIpc) is 2.91. The zero-order valence-corrected chi connectivity index (χ0v) is 13.0. The predicted molar refractivity (Wildman–Crippen MR) is 84.0 cm³/mol. The lowest BCUT2D eigenvalue weighted by atomic mass is 9.54. The lowest BCUT2D eigenvalue weighted by molar-refractivity contribution is -0.0184. The molecule has 1 atom stereocenters. The second kappa shape index (κ2) is 4.58. The van der Waals surface area contributed by atoms with Gasteiger partial charge in [0.05, 0.1) is 0 Å². The third-order valence-corrected chi connectivity index (χ3v) is 7.67. The van der Waals surface area contributed by atoms with Crippen LogP contribution in [0.1, 0.15) is 61.4 Å². The Kier molecular flexibility index (Phi) is 2.80. The summed E-state index contributed by atoms with van der Waals surface area (Å²) in [5, 5.41) is 6.46. The molecule has 5 aliphatic carbocycles. The minimum atomic E-state index is 0.674. The van der Waals surface area contributed by atoms with Crippen molar-refractivity contribution in [2.24, 2.45) is 23.7 Å². The highest BCUT2D eigenvalue weighted by molar-refractivity contribution is 7.10. The zero-order chi connectivity index (χ0) is 13.1. The molecule has 0 saturated heterocycles. The first-order valence-corrected chi connectivity index (χ1v) is 9.57. The van der Waals surface area contributed by atoms with E-state index in [1.165, 1.54) is 44.9 Å². The van der Waals surface area contributed by atoms with Crippen molar-refractivity contribution in [3.8, 4) is 0 Å². The van der Waals surface area contributed by atoms with Crippen LogP contribution in [0.25, 0.3) is 0 Å². The van der Waals surface area contributed by atoms with Gasteiger partial charge in [0.1, 0.15) is 0 Å². The van der Waals surface area contributed by atoms with Crippen molar-refractivity contribution in [3.63, 3.8) is 0 Å². The fourth-order valence-corrected chi connectivity index (χ4v) is 7.08. The molecule has 5 aliphatic rings. The highest BCUT2D eigenvalue weighted by Gasteiger charge is 2.48. The Morgan fingerprint density at radius 3 is 2.50 bits per heavy atom. The van der Waals surface area contributed by atoms with Crippen molar-refractivity contribution in [3.05, 3.63) is 21.9 Å². The van der Waals surface area contributed by atoms with Gasteiger partial charge < -0.3 is 5.32 Å². The summed E-state index contributed by atoms with van der Waals surface area (Å²) in [6.07, 6.45) is 11.8. The fourth-order valence-electron chi connectivity index (χ4n) is 6.09. The minimum Gasteiger partial charge on any atom is -0.307 e. The van der Waals surface area contributed by atoms with Crippen molar-refractivity contribution >= 4 is 11.3 Å². The average molecular weight is 287 g/mol. The molecule has 0 aliphatic heterocycles. The van der Waals surface area contributed by atoms with Gasteiger partial charge in [-0.05, 0) is 92.0 Å². The molecule has 6 rings (SSSR count).